The van der Waals surface area contributed by atoms with E-state index in [1.165, 1.54) is 6.42 Å². The molecule has 0 aromatic carbocycles. The molecular weight excluding hydrogens is 216 g/mol. The summed E-state index contributed by atoms with van der Waals surface area (Å²) in [6.45, 7) is 2.03. The molecule has 1 aromatic rings. The molecule has 2 rings (SSSR count). The molecule has 1 fully saturated rings. The number of nitrogens with one attached hydrogen (secondary N) is 2. The van der Waals surface area contributed by atoms with Crippen LogP contribution in [0.3, 0.4) is 0 Å². The van der Waals surface area contributed by atoms with Gasteiger partial charge in [0.1, 0.15) is 5.82 Å². The predicted molar refractivity (Wildman–Crippen MR) is 66.6 cm³/mol. The van der Waals surface area contributed by atoms with E-state index in [-0.39, 0.29) is 5.91 Å². The number of nitrogens with zero attached hydrogens (tertiary/aromatic N) is 1. The van der Waals surface area contributed by atoms with Crippen molar-refractivity contribution < 1.29 is 4.79 Å². The maximum atomic E-state index is 12.2. The molecule has 4 N–H and O–H groups in total. The number of H-pyrrole nitrogens is 1. The van der Waals surface area contributed by atoms with Crippen LogP contribution in [0.2, 0.25) is 0 Å². The van der Waals surface area contributed by atoms with Crippen LogP contribution in [0.15, 0.2) is 6.20 Å². The van der Waals surface area contributed by atoms with Gasteiger partial charge < -0.3 is 11.1 Å². The zero-order valence-corrected chi connectivity index (χ0v) is 10.3. The number of anilines is 1. The van der Waals surface area contributed by atoms with Gasteiger partial charge in [-0.25, -0.2) is 0 Å². The zero-order valence-electron chi connectivity index (χ0n) is 10.3. The molecule has 1 amide bonds. The molecule has 0 unspecified atom stereocenters. The van der Waals surface area contributed by atoms with Gasteiger partial charge in [-0.05, 0) is 19.3 Å². The Kier molecular flexibility index (Phi) is 3.47. The highest BCUT2D eigenvalue weighted by Gasteiger charge is 2.35. The Balaban J connectivity index is 2.05. The monoisotopic (exact) mass is 236 g/mol. The van der Waals surface area contributed by atoms with Crippen LogP contribution in [0.25, 0.3) is 0 Å². The van der Waals surface area contributed by atoms with Gasteiger partial charge in [-0.1, -0.05) is 26.2 Å². The lowest BCUT2D eigenvalue weighted by Crippen LogP contribution is -2.52. The fourth-order valence-electron chi connectivity index (χ4n) is 2.34. The normalized spacial score (nSPS) is 18.9. The first-order valence-corrected chi connectivity index (χ1v) is 6.28. The van der Waals surface area contributed by atoms with Crippen LogP contribution >= 0.6 is 0 Å². The third-order valence-electron chi connectivity index (χ3n) is 3.54. The molecule has 0 radical (unpaired) electrons. The molecular formula is C12H20N4O. The van der Waals surface area contributed by atoms with Crippen molar-refractivity contribution in [2.24, 2.45) is 5.73 Å². The number of aryl methyl sites for hydroxylation is 1. The van der Waals surface area contributed by atoms with Crippen LogP contribution in [0.4, 0.5) is 5.82 Å². The Morgan fingerprint density at radius 1 is 1.53 bits per heavy atom. The van der Waals surface area contributed by atoms with Crippen LogP contribution in [-0.4, -0.2) is 21.6 Å². The lowest BCUT2D eigenvalue weighted by molar-refractivity contribution is -0.122. The van der Waals surface area contributed by atoms with Gasteiger partial charge >= 0.3 is 0 Å². The molecule has 1 aliphatic rings. The Bertz CT molecular complexity index is 393. The number of carbonyl (C=O) groups is 1. The van der Waals surface area contributed by atoms with Crippen molar-refractivity contribution >= 4 is 11.7 Å². The van der Waals surface area contributed by atoms with E-state index in [1.54, 1.807) is 6.20 Å². The zero-order chi connectivity index (χ0) is 12.3. The lowest BCUT2D eigenvalue weighted by atomic mass is 9.82. The molecule has 1 heterocycles. The van der Waals surface area contributed by atoms with E-state index in [1.807, 2.05) is 6.92 Å². The Hall–Kier alpha value is -1.36. The molecule has 1 saturated carbocycles. The average molecular weight is 236 g/mol. The maximum absolute atomic E-state index is 12.2. The van der Waals surface area contributed by atoms with Gasteiger partial charge in [-0.15, -0.1) is 0 Å². The van der Waals surface area contributed by atoms with Crippen molar-refractivity contribution in [3.05, 3.63) is 11.8 Å². The second-order valence-electron chi connectivity index (χ2n) is 4.79. The van der Waals surface area contributed by atoms with Gasteiger partial charge in [0.05, 0.1) is 11.7 Å². The van der Waals surface area contributed by atoms with Gasteiger partial charge in [0.2, 0.25) is 5.91 Å². The van der Waals surface area contributed by atoms with Crippen LogP contribution in [0, 0.1) is 0 Å². The number of hydrogen-bond donors (Lipinski definition) is 3. The molecule has 5 nitrogen and oxygen atoms in total. The molecule has 0 saturated heterocycles. The molecule has 0 spiro atoms. The van der Waals surface area contributed by atoms with Crippen molar-refractivity contribution in [1.82, 2.24) is 10.2 Å². The Morgan fingerprint density at radius 3 is 2.88 bits per heavy atom. The van der Waals surface area contributed by atoms with E-state index < -0.39 is 5.54 Å². The number of aromatic amines is 1. The summed E-state index contributed by atoms with van der Waals surface area (Å²) in [6.07, 6.45) is 7.36. The number of nitrogens with two attached hydrogens (primary N) is 1. The minimum absolute atomic E-state index is 0.0869. The smallest absolute Gasteiger partial charge is 0.245 e. The summed E-state index contributed by atoms with van der Waals surface area (Å²) in [5.74, 6) is 0.601. The Labute approximate surface area is 101 Å². The number of amides is 1. The number of carbonyl (C=O) groups excluding carboxylic acids is 1. The standard InChI is InChI=1S/C12H20N4O/c1-2-9-8-14-16-10(9)15-11(17)12(13)6-4-3-5-7-12/h8H,2-7,13H2,1H3,(H2,14,15,16,17). The van der Waals surface area contributed by atoms with Gasteiger partial charge in [0.15, 0.2) is 0 Å². The third-order valence-corrected chi connectivity index (χ3v) is 3.54. The van der Waals surface area contributed by atoms with E-state index in [9.17, 15) is 4.79 Å². The summed E-state index contributed by atoms with van der Waals surface area (Å²) in [6, 6.07) is 0. The van der Waals surface area contributed by atoms with Crippen molar-refractivity contribution in [2.75, 3.05) is 5.32 Å². The number of aromatic nitrogens is 2. The molecule has 5 heteroatoms. The third kappa shape index (κ3) is 2.49. The van der Waals surface area contributed by atoms with Gasteiger partial charge in [-0.3, -0.25) is 9.89 Å². The van der Waals surface area contributed by atoms with Crippen LogP contribution in [-0.2, 0) is 11.2 Å². The highest BCUT2D eigenvalue weighted by atomic mass is 16.2. The molecule has 0 bridgehead atoms. The fraction of sp³-hybridized carbons (Fsp3) is 0.667. The van der Waals surface area contributed by atoms with Gasteiger partial charge in [0, 0.05) is 5.56 Å². The largest absolute Gasteiger partial charge is 0.317 e. The summed E-state index contributed by atoms with van der Waals surface area (Å²) in [7, 11) is 0. The SMILES string of the molecule is CCc1cn[nH]c1NC(=O)C1(N)CCCCC1. The van der Waals surface area contributed by atoms with E-state index in [2.05, 4.69) is 15.5 Å². The maximum Gasteiger partial charge on any atom is 0.245 e. The van der Waals surface area contributed by atoms with E-state index in [0.29, 0.717) is 5.82 Å². The minimum atomic E-state index is -0.700. The Morgan fingerprint density at radius 2 is 2.24 bits per heavy atom. The molecule has 0 aliphatic heterocycles. The first-order valence-electron chi connectivity index (χ1n) is 6.28. The van der Waals surface area contributed by atoms with Gasteiger partial charge in [0.25, 0.3) is 0 Å². The molecule has 94 valence electrons. The first kappa shape index (κ1) is 12.1. The fourth-order valence-corrected chi connectivity index (χ4v) is 2.34. The van der Waals surface area contributed by atoms with Crippen molar-refractivity contribution in [3.8, 4) is 0 Å². The second kappa shape index (κ2) is 4.87. The number of rotatable bonds is 3. The lowest BCUT2D eigenvalue weighted by Gasteiger charge is -2.31. The minimum Gasteiger partial charge on any atom is -0.317 e. The van der Waals surface area contributed by atoms with E-state index in [4.69, 9.17) is 5.73 Å². The van der Waals surface area contributed by atoms with Crippen molar-refractivity contribution in [1.29, 1.82) is 0 Å². The van der Waals surface area contributed by atoms with E-state index in [0.717, 1.165) is 37.7 Å². The predicted octanol–water partition coefficient (Wildman–Crippen LogP) is 1.57. The molecule has 17 heavy (non-hydrogen) atoms. The summed E-state index contributed by atoms with van der Waals surface area (Å²) < 4.78 is 0. The van der Waals surface area contributed by atoms with Crippen LogP contribution < -0.4 is 11.1 Å². The van der Waals surface area contributed by atoms with Crippen LogP contribution in [0.1, 0.15) is 44.6 Å². The van der Waals surface area contributed by atoms with Gasteiger partial charge in [-0.2, -0.15) is 5.10 Å². The van der Waals surface area contributed by atoms with Crippen molar-refractivity contribution in [2.45, 2.75) is 51.0 Å². The topological polar surface area (TPSA) is 83.8 Å². The average Bonchev–Trinajstić information content (AvgIpc) is 2.77. The highest BCUT2D eigenvalue weighted by Crippen LogP contribution is 2.27. The van der Waals surface area contributed by atoms with E-state index >= 15 is 0 Å². The molecule has 1 aliphatic carbocycles. The first-order chi connectivity index (χ1) is 8.15. The summed E-state index contributed by atoms with van der Waals surface area (Å²) in [5, 5.41) is 9.61. The quantitative estimate of drug-likeness (QED) is 0.745. The summed E-state index contributed by atoms with van der Waals surface area (Å²) in [5.41, 5.74) is 6.48. The second-order valence-corrected chi connectivity index (χ2v) is 4.79. The molecule has 1 aromatic heterocycles. The van der Waals surface area contributed by atoms with Crippen molar-refractivity contribution in [3.63, 3.8) is 0 Å². The molecule has 0 atom stereocenters. The summed E-state index contributed by atoms with van der Waals surface area (Å²) >= 11 is 0. The highest BCUT2D eigenvalue weighted by molar-refractivity contribution is 5.97. The summed E-state index contributed by atoms with van der Waals surface area (Å²) in [4.78, 5) is 12.2. The van der Waals surface area contributed by atoms with Crippen LogP contribution in [0.5, 0.6) is 0 Å². The number of hydrogen-bond acceptors (Lipinski definition) is 3.